The Bertz CT molecular complexity index is 600. The van der Waals surface area contributed by atoms with Gasteiger partial charge >= 0.3 is 0 Å². The minimum absolute atomic E-state index is 0.306. The van der Waals surface area contributed by atoms with Crippen LogP contribution in [-0.4, -0.2) is 19.7 Å². The summed E-state index contributed by atoms with van der Waals surface area (Å²) < 4.78 is 22.5. The Morgan fingerprint density at radius 1 is 1.25 bits per heavy atom. The van der Waals surface area contributed by atoms with Gasteiger partial charge in [-0.3, -0.25) is 0 Å². The number of sulfone groups is 1. The van der Waals surface area contributed by atoms with E-state index in [4.69, 9.17) is 5.73 Å². The van der Waals surface area contributed by atoms with Crippen LogP contribution in [0.15, 0.2) is 34.5 Å². The predicted molar refractivity (Wildman–Crippen MR) is 65.1 cm³/mol. The van der Waals surface area contributed by atoms with Crippen LogP contribution in [0.5, 0.6) is 0 Å². The van der Waals surface area contributed by atoms with E-state index in [-0.39, 0.29) is 0 Å². The van der Waals surface area contributed by atoms with Crippen LogP contribution in [0.3, 0.4) is 0 Å². The normalized spacial score (nSPS) is 11.6. The lowest BCUT2D eigenvalue weighted by atomic mass is 10.2. The maximum absolute atomic E-state index is 11.3. The van der Waals surface area contributed by atoms with Crippen molar-refractivity contribution in [3.63, 3.8) is 0 Å². The minimum Gasteiger partial charge on any atom is -0.383 e. The van der Waals surface area contributed by atoms with Gasteiger partial charge in [0.1, 0.15) is 10.8 Å². The van der Waals surface area contributed by atoms with Gasteiger partial charge in [0.05, 0.1) is 4.90 Å². The molecule has 0 fully saturated rings. The Hall–Kier alpha value is -1.40. The van der Waals surface area contributed by atoms with E-state index in [1.165, 1.54) is 17.6 Å². The van der Waals surface area contributed by atoms with Gasteiger partial charge in [0.2, 0.25) is 0 Å². The van der Waals surface area contributed by atoms with Crippen LogP contribution in [0.2, 0.25) is 0 Å². The number of rotatable bonds is 2. The van der Waals surface area contributed by atoms with E-state index in [9.17, 15) is 8.42 Å². The molecule has 0 aliphatic carbocycles. The Kier molecular flexibility index (Phi) is 2.69. The molecule has 2 N–H and O–H groups in total. The average molecular weight is 254 g/mol. The minimum atomic E-state index is -3.14. The van der Waals surface area contributed by atoms with Gasteiger partial charge in [-0.1, -0.05) is 12.1 Å². The first-order chi connectivity index (χ1) is 7.47. The van der Waals surface area contributed by atoms with E-state index in [2.05, 4.69) is 4.98 Å². The molecular formula is C10H10N2O2S2. The molecule has 0 atom stereocenters. The van der Waals surface area contributed by atoms with Crippen molar-refractivity contribution in [3.05, 3.63) is 29.6 Å². The van der Waals surface area contributed by atoms with E-state index in [1.807, 2.05) is 0 Å². The maximum Gasteiger partial charge on any atom is 0.175 e. The van der Waals surface area contributed by atoms with Crippen molar-refractivity contribution in [3.8, 4) is 10.6 Å². The molecule has 0 saturated carbocycles. The van der Waals surface area contributed by atoms with Crippen LogP contribution in [0.25, 0.3) is 10.6 Å². The van der Waals surface area contributed by atoms with Crippen LogP contribution in [0.4, 0.5) is 5.82 Å². The molecule has 2 rings (SSSR count). The summed E-state index contributed by atoms with van der Waals surface area (Å²) in [5.74, 6) is 0.479. The zero-order chi connectivity index (χ0) is 11.8. The smallest absolute Gasteiger partial charge is 0.175 e. The van der Waals surface area contributed by atoms with Crippen molar-refractivity contribution in [2.45, 2.75) is 4.90 Å². The molecule has 4 nitrogen and oxygen atoms in total. The number of nitrogen functional groups attached to an aromatic ring is 1. The summed E-state index contributed by atoms with van der Waals surface area (Å²) in [4.78, 5) is 4.43. The second-order valence-electron chi connectivity index (χ2n) is 3.37. The predicted octanol–water partition coefficient (Wildman–Crippen LogP) is 1.80. The molecule has 2 aromatic rings. The molecule has 0 saturated heterocycles. The highest BCUT2D eigenvalue weighted by atomic mass is 32.2. The second-order valence-corrected chi connectivity index (χ2v) is 6.25. The molecule has 1 aromatic carbocycles. The number of nitrogens with two attached hydrogens (primary N) is 1. The lowest BCUT2D eigenvalue weighted by Gasteiger charge is -1.99. The molecule has 0 unspecified atom stereocenters. The molecule has 0 radical (unpaired) electrons. The zero-order valence-corrected chi connectivity index (χ0v) is 10.2. The molecule has 0 aliphatic heterocycles. The Balaban J connectivity index is 2.40. The third-order valence-electron chi connectivity index (χ3n) is 2.05. The van der Waals surface area contributed by atoms with Crippen molar-refractivity contribution in [1.29, 1.82) is 0 Å². The van der Waals surface area contributed by atoms with Gasteiger partial charge in [-0.2, -0.15) is 0 Å². The summed E-state index contributed by atoms with van der Waals surface area (Å²) in [6.45, 7) is 0. The summed E-state index contributed by atoms with van der Waals surface area (Å²) in [5, 5.41) is 2.54. The van der Waals surface area contributed by atoms with Crippen molar-refractivity contribution < 1.29 is 8.42 Å². The number of nitrogens with zero attached hydrogens (tertiary/aromatic N) is 1. The first kappa shape index (κ1) is 11.1. The lowest BCUT2D eigenvalue weighted by Crippen LogP contribution is -1.96. The van der Waals surface area contributed by atoms with Gasteiger partial charge in [0.25, 0.3) is 0 Å². The molecule has 1 heterocycles. The second kappa shape index (κ2) is 3.88. The topological polar surface area (TPSA) is 73.0 Å². The number of anilines is 1. The van der Waals surface area contributed by atoms with Crippen LogP contribution in [-0.2, 0) is 9.84 Å². The van der Waals surface area contributed by atoms with E-state index in [0.717, 1.165) is 10.6 Å². The van der Waals surface area contributed by atoms with Crippen LogP contribution < -0.4 is 5.73 Å². The maximum atomic E-state index is 11.3. The van der Waals surface area contributed by atoms with Crippen molar-refractivity contribution in [2.24, 2.45) is 0 Å². The quantitative estimate of drug-likeness (QED) is 0.886. The molecular weight excluding hydrogens is 244 g/mol. The molecule has 0 bridgehead atoms. The molecule has 0 aliphatic rings. The zero-order valence-electron chi connectivity index (χ0n) is 8.54. The third kappa shape index (κ3) is 2.23. The van der Waals surface area contributed by atoms with Crippen molar-refractivity contribution in [1.82, 2.24) is 4.98 Å². The van der Waals surface area contributed by atoms with Crippen molar-refractivity contribution in [2.75, 3.05) is 12.0 Å². The van der Waals surface area contributed by atoms with E-state index in [1.54, 1.807) is 29.6 Å². The fourth-order valence-corrected chi connectivity index (χ4v) is 2.61. The summed E-state index contributed by atoms with van der Waals surface area (Å²) in [5.41, 5.74) is 6.39. The lowest BCUT2D eigenvalue weighted by molar-refractivity contribution is 0.602. The highest BCUT2D eigenvalue weighted by Gasteiger charge is 2.08. The molecule has 84 valence electrons. The number of aromatic nitrogens is 1. The largest absolute Gasteiger partial charge is 0.383 e. The number of hydrogen-bond acceptors (Lipinski definition) is 5. The highest BCUT2D eigenvalue weighted by Crippen LogP contribution is 2.25. The van der Waals surface area contributed by atoms with Gasteiger partial charge in [-0.05, 0) is 12.1 Å². The first-order valence-corrected chi connectivity index (χ1v) is 7.25. The molecule has 0 amide bonds. The summed E-state index contributed by atoms with van der Waals surface area (Å²) in [6, 6.07) is 6.60. The van der Waals surface area contributed by atoms with E-state index in [0.29, 0.717) is 10.7 Å². The summed E-state index contributed by atoms with van der Waals surface area (Å²) >= 11 is 1.43. The monoisotopic (exact) mass is 254 g/mol. The fraction of sp³-hybridized carbons (Fsp3) is 0.100. The third-order valence-corrected chi connectivity index (χ3v) is 4.09. The summed E-state index contributed by atoms with van der Waals surface area (Å²) in [7, 11) is -3.14. The summed E-state index contributed by atoms with van der Waals surface area (Å²) in [6.07, 6.45) is 1.18. The number of thiazole rings is 1. The average Bonchev–Trinajstić information content (AvgIpc) is 2.64. The van der Waals surface area contributed by atoms with Crippen LogP contribution >= 0.6 is 11.3 Å². The molecule has 16 heavy (non-hydrogen) atoms. The van der Waals surface area contributed by atoms with Gasteiger partial charge < -0.3 is 5.73 Å². The van der Waals surface area contributed by atoms with Gasteiger partial charge in [0.15, 0.2) is 9.84 Å². The highest BCUT2D eigenvalue weighted by molar-refractivity contribution is 7.90. The Morgan fingerprint density at radius 3 is 2.31 bits per heavy atom. The fourth-order valence-electron chi connectivity index (χ4n) is 1.26. The standard InChI is InChI=1S/C10H10N2O2S2/c1-16(13,14)8-4-2-7(3-5-8)10-12-9(11)6-15-10/h2-6H,11H2,1H3. The van der Waals surface area contributed by atoms with Gasteiger partial charge in [-0.25, -0.2) is 13.4 Å². The molecule has 0 spiro atoms. The first-order valence-electron chi connectivity index (χ1n) is 4.48. The Morgan fingerprint density at radius 2 is 1.88 bits per heavy atom. The number of benzene rings is 1. The van der Waals surface area contributed by atoms with Gasteiger partial charge in [0, 0.05) is 17.2 Å². The Labute approximate surface area is 97.7 Å². The van der Waals surface area contributed by atoms with E-state index < -0.39 is 9.84 Å². The van der Waals surface area contributed by atoms with Gasteiger partial charge in [-0.15, -0.1) is 11.3 Å². The molecule has 6 heteroatoms. The molecule has 1 aromatic heterocycles. The van der Waals surface area contributed by atoms with Crippen LogP contribution in [0, 0.1) is 0 Å². The van der Waals surface area contributed by atoms with E-state index >= 15 is 0 Å². The van der Waals surface area contributed by atoms with Crippen molar-refractivity contribution >= 4 is 27.0 Å². The SMILES string of the molecule is CS(=O)(=O)c1ccc(-c2nc(N)cs2)cc1. The number of hydrogen-bond donors (Lipinski definition) is 1. The van der Waals surface area contributed by atoms with Crippen LogP contribution in [0.1, 0.15) is 0 Å².